The monoisotopic (exact) mass is 498 g/mol. The highest BCUT2D eigenvalue weighted by molar-refractivity contribution is 7.86. The molecule has 9 heteroatoms. The molecule has 0 radical (unpaired) electrons. The molecule has 0 aliphatic carbocycles. The van der Waals surface area contributed by atoms with Crippen molar-refractivity contribution >= 4 is 20.2 Å². The molecule has 0 amide bonds. The van der Waals surface area contributed by atoms with Gasteiger partial charge in [0.1, 0.15) is 15.5 Å². The van der Waals surface area contributed by atoms with Crippen LogP contribution in [0.3, 0.4) is 0 Å². The molecule has 184 valence electrons. The molecule has 0 saturated heterocycles. The molecule has 2 aromatic carbocycles. The van der Waals surface area contributed by atoms with Crippen LogP contribution in [0.1, 0.15) is 76.7 Å². The van der Waals surface area contributed by atoms with Gasteiger partial charge in [-0.3, -0.25) is 9.11 Å². The summed E-state index contributed by atoms with van der Waals surface area (Å²) >= 11 is 0. The lowest BCUT2D eigenvalue weighted by molar-refractivity contribution is 0.430. The number of benzene rings is 2. The molecule has 0 aliphatic heterocycles. The molecule has 2 aromatic rings. The van der Waals surface area contributed by atoms with E-state index in [0.29, 0.717) is 0 Å². The molecule has 33 heavy (non-hydrogen) atoms. The largest absolute Gasteiger partial charge is 0.454 e. The van der Waals surface area contributed by atoms with E-state index in [2.05, 4.69) is 6.92 Å². The molecule has 0 aliphatic rings. The molecular formula is C24H34O7S2. The summed E-state index contributed by atoms with van der Waals surface area (Å²) in [6, 6.07) is 10.0. The minimum Gasteiger partial charge on any atom is -0.454 e. The Morgan fingerprint density at radius 2 is 1.18 bits per heavy atom. The van der Waals surface area contributed by atoms with Crippen molar-refractivity contribution in [1.29, 1.82) is 0 Å². The second-order valence-electron chi connectivity index (χ2n) is 8.21. The van der Waals surface area contributed by atoms with Crippen LogP contribution < -0.4 is 4.74 Å². The Kier molecular flexibility index (Phi) is 10.8. The average molecular weight is 499 g/mol. The van der Waals surface area contributed by atoms with E-state index < -0.39 is 35.8 Å². The smallest absolute Gasteiger partial charge is 0.298 e. The van der Waals surface area contributed by atoms with Gasteiger partial charge in [0.25, 0.3) is 20.2 Å². The fourth-order valence-electron chi connectivity index (χ4n) is 3.70. The normalized spacial score (nSPS) is 12.1. The summed E-state index contributed by atoms with van der Waals surface area (Å²) in [4.78, 5) is -1.48. The van der Waals surface area contributed by atoms with Crippen molar-refractivity contribution in [3.8, 4) is 11.5 Å². The van der Waals surface area contributed by atoms with Crippen LogP contribution in [-0.2, 0) is 26.7 Å². The van der Waals surface area contributed by atoms with Crippen molar-refractivity contribution in [3.63, 3.8) is 0 Å². The Balaban J connectivity index is 1.97. The van der Waals surface area contributed by atoms with Gasteiger partial charge in [0, 0.05) is 0 Å². The molecule has 0 spiro atoms. The first-order chi connectivity index (χ1) is 15.6. The number of hydrogen-bond acceptors (Lipinski definition) is 5. The van der Waals surface area contributed by atoms with E-state index in [9.17, 15) is 25.9 Å². The summed E-state index contributed by atoms with van der Waals surface area (Å²) in [6.45, 7) is 2.22. The lowest BCUT2D eigenvalue weighted by Crippen LogP contribution is -2.07. The number of ether oxygens (including phenoxy) is 1. The van der Waals surface area contributed by atoms with Crippen LogP contribution in [-0.4, -0.2) is 25.9 Å². The van der Waals surface area contributed by atoms with Gasteiger partial charge >= 0.3 is 0 Å². The van der Waals surface area contributed by atoms with Gasteiger partial charge in [-0.15, -0.1) is 0 Å². The summed E-state index contributed by atoms with van der Waals surface area (Å²) in [5.41, 5.74) is 0.963. The van der Waals surface area contributed by atoms with Crippen molar-refractivity contribution in [1.82, 2.24) is 0 Å². The number of aryl methyl sites for hydroxylation is 1. The van der Waals surface area contributed by atoms with E-state index in [1.165, 1.54) is 51.4 Å². The average Bonchev–Trinajstić information content (AvgIpc) is 2.74. The lowest BCUT2D eigenvalue weighted by atomic mass is 10.0. The highest BCUT2D eigenvalue weighted by atomic mass is 32.2. The Morgan fingerprint density at radius 3 is 1.70 bits per heavy atom. The van der Waals surface area contributed by atoms with Gasteiger partial charge in [-0.25, -0.2) is 0 Å². The van der Waals surface area contributed by atoms with Gasteiger partial charge < -0.3 is 4.74 Å². The Bertz CT molecular complexity index is 1040. The minimum absolute atomic E-state index is 0.209. The van der Waals surface area contributed by atoms with E-state index in [1.807, 2.05) is 6.07 Å². The van der Waals surface area contributed by atoms with E-state index in [1.54, 1.807) is 18.2 Å². The predicted octanol–water partition coefficient (Wildman–Crippen LogP) is 6.44. The van der Waals surface area contributed by atoms with Gasteiger partial charge in [-0.1, -0.05) is 82.9 Å². The zero-order valence-electron chi connectivity index (χ0n) is 19.1. The first kappa shape index (κ1) is 27.3. The van der Waals surface area contributed by atoms with Crippen molar-refractivity contribution in [3.05, 3.63) is 48.0 Å². The maximum atomic E-state index is 11.7. The van der Waals surface area contributed by atoms with Crippen molar-refractivity contribution in [2.24, 2.45) is 0 Å². The number of hydrogen-bond donors (Lipinski definition) is 2. The molecule has 0 unspecified atom stereocenters. The summed E-state index contributed by atoms with van der Waals surface area (Å²) in [5, 5.41) is 0. The maximum absolute atomic E-state index is 11.7. The van der Waals surface area contributed by atoms with Crippen LogP contribution in [0.5, 0.6) is 11.5 Å². The Labute approximate surface area is 197 Å². The number of rotatable bonds is 15. The molecule has 2 rings (SSSR count). The summed E-state index contributed by atoms with van der Waals surface area (Å²) < 4.78 is 71.3. The van der Waals surface area contributed by atoms with Crippen molar-refractivity contribution in [2.45, 2.75) is 87.3 Å². The topological polar surface area (TPSA) is 118 Å². The molecule has 0 saturated carbocycles. The fourth-order valence-corrected chi connectivity index (χ4v) is 5.04. The third kappa shape index (κ3) is 9.44. The third-order valence-electron chi connectivity index (χ3n) is 5.44. The quantitative estimate of drug-likeness (QED) is 0.214. The van der Waals surface area contributed by atoms with Crippen molar-refractivity contribution < 1.29 is 30.7 Å². The Hall–Kier alpha value is -1.94. The SMILES string of the molecule is CCCCCCCCCCCCc1cccc(Oc2c(S(=O)(=O)O)cccc2S(=O)(=O)O)c1. The van der Waals surface area contributed by atoms with E-state index in [4.69, 9.17) is 4.74 Å². The minimum atomic E-state index is -4.78. The first-order valence-corrected chi connectivity index (χ1v) is 14.4. The third-order valence-corrected chi connectivity index (χ3v) is 7.19. The van der Waals surface area contributed by atoms with Crippen LogP contribution in [0.4, 0.5) is 0 Å². The first-order valence-electron chi connectivity index (χ1n) is 11.5. The van der Waals surface area contributed by atoms with Gasteiger partial charge in [0.15, 0.2) is 5.75 Å². The zero-order chi connectivity index (χ0) is 24.3. The van der Waals surface area contributed by atoms with Crippen LogP contribution in [0, 0.1) is 0 Å². The van der Waals surface area contributed by atoms with Gasteiger partial charge in [-0.2, -0.15) is 16.8 Å². The maximum Gasteiger partial charge on any atom is 0.298 e. The molecule has 0 heterocycles. The van der Waals surface area contributed by atoms with Gasteiger partial charge in [0.2, 0.25) is 0 Å². The summed E-state index contributed by atoms with van der Waals surface area (Å²) in [6.07, 6.45) is 13.1. The molecule has 0 bridgehead atoms. The van der Waals surface area contributed by atoms with E-state index >= 15 is 0 Å². The molecule has 7 nitrogen and oxygen atoms in total. The second kappa shape index (κ2) is 13.1. The molecule has 0 atom stereocenters. The molecular weight excluding hydrogens is 464 g/mol. The summed E-state index contributed by atoms with van der Waals surface area (Å²) in [5.74, 6) is -0.431. The standard InChI is InChI=1S/C24H34O7S2/c1-2-3-4-5-6-7-8-9-10-11-14-20-15-12-16-21(19-20)31-24-22(32(25,26)27)17-13-18-23(24)33(28,29)30/h12-13,15-19H,2-11,14H2,1H3,(H,25,26,27)(H,28,29,30). The van der Waals surface area contributed by atoms with Gasteiger partial charge in [0.05, 0.1) is 0 Å². The highest BCUT2D eigenvalue weighted by Gasteiger charge is 2.26. The number of unbranched alkanes of at least 4 members (excludes halogenated alkanes) is 9. The molecule has 2 N–H and O–H groups in total. The predicted molar refractivity (Wildman–Crippen MR) is 128 cm³/mol. The van der Waals surface area contributed by atoms with Gasteiger partial charge in [-0.05, 0) is 42.7 Å². The van der Waals surface area contributed by atoms with Crippen molar-refractivity contribution in [2.75, 3.05) is 0 Å². The van der Waals surface area contributed by atoms with E-state index in [-0.39, 0.29) is 5.75 Å². The highest BCUT2D eigenvalue weighted by Crippen LogP contribution is 2.35. The summed E-state index contributed by atoms with van der Waals surface area (Å²) in [7, 11) is -9.56. The Morgan fingerprint density at radius 1 is 0.697 bits per heavy atom. The van der Waals surface area contributed by atoms with Crippen LogP contribution in [0.15, 0.2) is 52.3 Å². The number of para-hydroxylation sites is 1. The van der Waals surface area contributed by atoms with Crippen LogP contribution in [0.2, 0.25) is 0 Å². The van der Waals surface area contributed by atoms with Crippen LogP contribution >= 0.6 is 0 Å². The van der Waals surface area contributed by atoms with Crippen LogP contribution in [0.25, 0.3) is 0 Å². The molecule has 0 aromatic heterocycles. The fraction of sp³-hybridized carbons (Fsp3) is 0.500. The molecule has 0 fully saturated rings. The van der Waals surface area contributed by atoms with E-state index in [0.717, 1.165) is 43.0 Å². The lowest BCUT2D eigenvalue weighted by Gasteiger charge is -2.13. The second-order valence-corrected chi connectivity index (χ2v) is 11.0. The zero-order valence-corrected chi connectivity index (χ0v) is 20.7.